The highest BCUT2D eigenvalue weighted by atomic mass is 16.5. The average molecular weight is 278 g/mol. The van der Waals surface area contributed by atoms with Crippen LogP contribution >= 0.6 is 0 Å². The number of carbonyl (C=O) groups is 2. The van der Waals surface area contributed by atoms with E-state index in [0.717, 1.165) is 13.1 Å². The molecule has 0 radical (unpaired) electrons. The standard InChI is InChI=1S/C13H18N4O3/c1-20-13-10(3-2-4-15-13)12(19)16-9-11(18)17-7-5-14-6-8-17/h2-4,14H,5-9H2,1H3,(H,16,19). The number of hydrogen-bond acceptors (Lipinski definition) is 5. The van der Waals surface area contributed by atoms with Gasteiger partial charge in [0.25, 0.3) is 5.91 Å². The molecule has 2 rings (SSSR count). The zero-order chi connectivity index (χ0) is 14.4. The summed E-state index contributed by atoms with van der Waals surface area (Å²) in [5, 5.41) is 5.77. The van der Waals surface area contributed by atoms with Crippen molar-refractivity contribution in [3.05, 3.63) is 23.9 Å². The van der Waals surface area contributed by atoms with E-state index < -0.39 is 0 Å². The summed E-state index contributed by atoms with van der Waals surface area (Å²) in [5.74, 6) is -0.194. The normalized spacial score (nSPS) is 14.8. The van der Waals surface area contributed by atoms with E-state index in [0.29, 0.717) is 18.7 Å². The van der Waals surface area contributed by atoms with E-state index in [4.69, 9.17) is 4.74 Å². The number of nitrogens with zero attached hydrogens (tertiary/aromatic N) is 2. The van der Waals surface area contributed by atoms with Gasteiger partial charge in [-0.2, -0.15) is 0 Å². The van der Waals surface area contributed by atoms with Gasteiger partial charge in [-0.25, -0.2) is 4.98 Å². The number of piperazine rings is 1. The number of aromatic nitrogens is 1. The van der Waals surface area contributed by atoms with E-state index in [1.54, 1.807) is 23.2 Å². The molecule has 0 bridgehead atoms. The number of pyridine rings is 1. The van der Waals surface area contributed by atoms with Crippen LogP contribution in [-0.4, -0.2) is 61.5 Å². The number of methoxy groups -OCH3 is 1. The minimum absolute atomic E-state index is 0.0170. The van der Waals surface area contributed by atoms with Gasteiger partial charge >= 0.3 is 0 Å². The van der Waals surface area contributed by atoms with Crippen LogP contribution in [0.5, 0.6) is 5.88 Å². The van der Waals surface area contributed by atoms with Crippen LogP contribution < -0.4 is 15.4 Å². The van der Waals surface area contributed by atoms with Gasteiger partial charge < -0.3 is 20.3 Å². The van der Waals surface area contributed by atoms with Gasteiger partial charge in [0.15, 0.2) is 0 Å². The van der Waals surface area contributed by atoms with Crippen LogP contribution in [0.2, 0.25) is 0 Å². The molecule has 0 aliphatic carbocycles. The summed E-state index contributed by atoms with van der Waals surface area (Å²) in [5.41, 5.74) is 0.322. The van der Waals surface area contributed by atoms with Gasteiger partial charge in [-0.1, -0.05) is 0 Å². The van der Waals surface area contributed by atoms with Gasteiger partial charge in [0.2, 0.25) is 11.8 Å². The molecule has 7 heteroatoms. The summed E-state index contributed by atoms with van der Waals surface area (Å²) >= 11 is 0. The van der Waals surface area contributed by atoms with Crippen molar-refractivity contribution in [1.82, 2.24) is 20.5 Å². The fraction of sp³-hybridized carbons (Fsp3) is 0.462. The molecule has 2 N–H and O–H groups in total. The lowest BCUT2D eigenvalue weighted by atomic mass is 10.2. The second kappa shape index (κ2) is 6.85. The molecular formula is C13H18N4O3. The first-order valence-electron chi connectivity index (χ1n) is 6.48. The minimum Gasteiger partial charge on any atom is -0.480 e. The Morgan fingerprint density at radius 1 is 1.45 bits per heavy atom. The molecule has 0 spiro atoms. The quantitative estimate of drug-likeness (QED) is 0.757. The molecule has 20 heavy (non-hydrogen) atoms. The Labute approximate surface area is 117 Å². The molecule has 1 aromatic rings. The third kappa shape index (κ3) is 3.45. The predicted molar refractivity (Wildman–Crippen MR) is 72.6 cm³/mol. The van der Waals surface area contributed by atoms with Crippen molar-refractivity contribution >= 4 is 11.8 Å². The largest absolute Gasteiger partial charge is 0.480 e. The highest BCUT2D eigenvalue weighted by molar-refractivity contribution is 5.98. The fourth-order valence-electron chi connectivity index (χ4n) is 2.00. The van der Waals surface area contributed by atoms with Crippen LogP contribution in [0, 0.1) is 0 Å². The van der Waals surface area contributed by atoms with Crippen molar-refractivity contribution < 1.29 is 14.3 Å². The molecule has 0 atom stereocenters. The Bertz CT molecular complexity index is 486. The van der Waals surface area contributed by atoms with Crippen LogP contribution in [0.25, 0.3) is 0 Å². The summed E-state index contributed by atoms with van der Waals surface area (Å²) in [6.45, 7) is 2.90. The SMILES string of the molecule is COc1ncccc1C(=O)NCC(=O)N1CCNCC1. The van der Waals surface area contributed by atoms with Gasteiger partial charge in [0, 0.05) is 32.4 Å². The molecule has 0 aromatic carbocycles. The van der Waals surface area contributed by atoms with Crippen LogP contribution in [0.3, 0.4) is 0 Å². The first kappa shape index (κ1) is 14.3. The van der Waals surface area contributed by atoms with Crippen molar-refractivity contribution in [1.29, 1.82) is 0 Å². The second-order valence-electron chi connectivity index (χ2n) is 4.37. The summed E-state index contributed by atoms with van der Waals surface area (Å²) < 4.78 is 5.01. The van der Waals surface area contributed by atoms with Crippen molar-refractivity contribution in [3.63, 3.8) is 0 Å². The summed E-state index contributed by atoms with van der Waals surface area (Å²) in [6.07, 6.45) is 1.54. The molecular weight excluding hydrogens is 260 g/mol. The van der Waals surface area contributed by atoms with Crippen LogP contribution in [0.15, 0.2) is 18.3 Å². The first-order valence-corrected chi connectivity index (χ1v) is 6.48. The van der Waals surface area contributed by atoms with E-state index in [1.807, 2.05) is 0 Å². The lowest BCUT2D eigenvalue weighted by Gasteiger charge is -2.27. The van der Waals surface area contributed by atoms with Crippen LogP contribution in [-0.2, 0) is 4.79 Å². The number of carbonyl (C=O) groups excluding carboxylic acids is 2. The lowest BCUT2D eigenvalue weighted by molar-refractivity contribution is -0.130. The van der Waals surface area contributed by atoms with Crippen molar-refractivity contribution in [3.8, 4) is 5.88 Å². The Morgan fingerprint density at radius 2 is 2.20 bits per heavy atom. The predicted octanol–water partition coefficient (Wildman–Crippen LogP) is -0.748. The fourth-order valence-corrected chi connectivity index (χ4v) is 2.00. The molecule has 0 saturated carbocycles. The lowest BCUT2D eigenvalue weighted by Crippen LogP contribution is -2.49. The minimum atomic E-state index is -0.363. The second-order valence-corrected chi connectivity index (χ2v) is 4.37. The molecule has 7 nitrogen and oxygen atoms in total. The average Bonchev–Trinajstić information content (AvgIpc) is 2.53. The molecule has 2 amide bonds. The Morgan fingerprint density at radius 3 is 2.90 bits per heavy atom. The van der Waals surface area contributed by atoms with Crippen LogP contribution in [0.1, 0.15) is 10.4 Å². The molecule has 0 unspecified atom stereocenters. The molecule has 1 aliphatic heterocycles. The zero-order valence-corrected chi connectivity index (χ0v) is 11.4. The van der Waals surface area contributed by atoms with Gasteiger partial charge in [-0.05, 0) is 12.1 Å². The van der Waals surface area contributed by atoms with Gasteiger partial charge in [-0.3, -0.25) is 9.59 Å². The third-order valence-corrected chi connectivity index (χ3v) is 3.08. The maximum absolute atomic E-state index is 12.0. The van der Waals surface area contributed by atoms with Crippen molar-refractivity contribution in [2.75, 3.05) is 39.8 Å². The molecule has 2 heterocycles. The first-order chi connectivity index (χ1) is 9.72. The van der Waals surface area contributed by atoms with Gasteiger partial charge in [0.1, 0.15) is 5.56 Å². The van der Waals surface area contributed by atoms with E-state index in [1.165, 1.54) is 7.11 Å². The van der Waals surface area contributed by atoms with Crippen molar-refractivity contribution in [2.24, 2.45) is 0 Å². The summed E-state index contributed by atoms with van der Waals surface area (Å²) in [7, 11) is 1.45. The maximum Gasteiger partial charge on any atom is 0.257 e. The number of ether oxygens (including phenoxy) is 1. The van der Waals surface area contributed by atoms with E-state index >= 15 is 0 Å². The number of nitrogens with one attached hydrogen (secondary N) is 2. The monoisotopic (exact) mass is 278 g/mol. The Kier molecular flexibility index (Phi) is 4.89. The zero-order valence-electron chi connectivity index (χ0n) is 11.4. The maximum atomic E-state index is 12.0. The Balaban J connectivity index is 1.89. The molecule has 1 saturated heterocycles. The highest BCUT2D eigenvalue weighted by Gasteiger charge is 2.18. The topological polar surface area (TPSA) is 83.6 Å². The van der Waals surface area contributed by atoms with Crippen molar-refractivity contribution in [2.45, 2.75) is 0 Å². The smallest absolute Gasteiger partial charge is 0.257 e. The molecule has 108 valence electrons. The van der Waals surface area contributed by atoms with E-state index in [2.05, 4.69) is 15.6 Å². The summed E-state index contributed by atoms with van der Waals surface area (Å²) in [4.78, 5) is 29.6. The van der Waals surface area contributed by atoms with Gasteiger partial charge in [-0.15, -0.1) is 0 Å². The molecule has 1 fully saturated rings. The molecule has 1 aliphatic rings. The number of rotatable bonds is 4. The highest BCUT2D eigenvalue weighted by Crippen LogP contribution is 2.12. The van der Waals surface area contributed by atoms with Gasteiger partial charge in [0.05, 0.1) is 13.7 Å². The van der Waals surface area contributed by atoms with E-state index in [9.17, 15) is 9.59 Å². The van der Waals surface area contributed by atoms with Crippen LogP contribution in [0.4, 0.5) is 0 Å². The third-order valence-electron chi connectivity index (χ3n) is 3.08. The Hall–Kier alpha value is -2.15. The number of hydrogen-bond donors (Lipinski definition) is 2. The summed E-state index contributed by atoms with van der Waals surface area (Å²) in [6, 6.07) is 3.26. The van der Waals surface area contributed by atoms with E-state index in [-0.39, 0.29) is 24.2 Å². The molecule has 1 aromatic heterocycles. The number of amides is 2.